The molecule has 0 radical (unpaired) electrons. The number of imide groups is 2. The Labute approximate surface area is 310 Å². The number of fused-ring (bicyclic) bond motifs is 2. The number of hydrogen-bond acceptors (Lipinski definition) is 8. The maximum absolute atomic E-state index is 13.4. The molecule has 11 heteroatoms. The topological polar surface area (TPSA) is 119 Å². The van der Waals surface area contributed by atoms with Crippen LogP contribution in [0.1, 0.15) is 80.5 Å². The number of piperidine rings is 2. The lowest BCUT2D eigenvalue weighted by atomic mass is 9.76. The predicted octanol–water partition coefficient (Wildman–Crippen LogP) is 5.96. The van der Waals surface area contributed by atoms with Crippen molar-refractivity contribution < 1.29 is 29.0 Å². The number of nitrogens with one attached hydrogen (secondary N) is 1. The van der Waals surface area contributed by atoms with E-state index >= 15 is 0 Å². The van der Waals surface area contributed by atoms with Crippen molar-refractivity contribution in [2.45, 2.75) is 56.1 Å². The molecular weight excluding hydrogens is 724 g/mol. The van der Waals surface area contributed by atoms with Crippen LogP contribution in [0, 0.1) is 0 Å². The summed E-state index contributed by atoms with van der Waals surface area (Å²) >= 11 is 3.63. The number of hydrogen-bond donors (Lipinski definition) is 2. The van der Waals surface area contributed by atoms with Crippen LogP contribution in [0.5, 0.6) is 11.5 Å². The highest BCUT2D eigenvalue weighted by Crippen LogP contribution is 2.47. The van der Waals surface area contributed by atoms with E-state index in [1.165, 1.54) is 16.8 Å². The summed E-state index contributed by atoms with van der Waals surface area (Å²) in [6, 6.07) is 27.6. The van der Waals surface area contributed by atoms with Crippen LogP contribution in [0.2, 0.25) is 0 Å². The van der Waals surface area contributed by atoms with Gasteiger partial charge in [-0.25, -0.2) is 0 Å². The van der Waals surface area contributed by atoms with Crippen molar-refractivity contribution in [1.29, 1.82) is 0 Å². The number of amides is 4. The van der Waals surface area contributed by atoms with Gasteiger partial charge in [0.25, 0.3) is 11.8 Å². The summed E-state index contributed by atoms with van der Waals surface area (Å²) in [5.74, 6) is -0.858. The number of anilines is 1. The standard InChI is InChI=1S/C41H39BrN4O6/c1-44(22-26-19-31-32(21-34(26)42)41(51)46(40(31)50)35-13-14-37(48)43-39(35)49)27-15-17-45(18-16-27)28-9-7-25(8-10-28)38-30-12-11-29(47)20-36(30)52-23-33(38)24-5-3-2-4-6-24/h2-12,19-21,27,33,35,38,47H,13-18,22-23H2,1H3,(H,43,48,49)/t33-,35?,38-/m1/s1. The van der Waals surface area contributed by atoms with Crippen LogP contribution in [-0.4, -0.2) is 77.4 Å². The van der Waals surface area contributed by atoms with Crippen molar-refractivity contribution in [3.05, 3.63) is 123 Å². The first-order valence-electron chi connectivity index (χ1n) is 17.8. The fourth-order valence-electron chi connectivity index (χ4n) is 8.31. The molecule has 2 saturated heterocycles. The van der Waals surface area contributed by atoms with E-state index in [1.54, 1.807) is 24.3 Å². The average Bonchev–Trinajstić information content (AvgIpc) is 3.39. The van der Waals surface area contributed by atoms with Gasteiger partial charge in [0, 0.05) is 65.7 Å². The van der Waals surface area contributed by atoms with Gasteiger partial charge in [0.05, 0.1) is 17.7 Å². The number of benzene rings is 4. The molecule has 0 aliphatic carbocycles. The lowest BCUT2D eigenvalue weighted by Crippen LogP contribution is -2.54. The first-order chi connectivity index (χ1) is 25.2. The number of phenols is 1. The van der Waals surface area contributed by atoms with Crippen LogP contribution in [0.15, 0.2) is 89.4 Å². The fraction of sp³-hybridized carbons (Fsp3) is 0.317. The minimum atomic E-state index is -0.989. The quantitative estimate of drug-likeness (QED) is 0.222. The Bertz CT molecular complexity index is 2060. The zero-order chi connectivity index (χ0) is 36.1. The average molecular weight is 764 g/mol. The molecule has 4 aromatic carbocycles. The molecule has 8 rings (SSSR count). The second kappa shape index (κ2) is 13.9. The van der Waals surface area contributed by atoms with Crippen LogP contribution in [-0.2, 0) is 16.1 Å². The largest absolute Gasteiger partial charge is 0.508 e. The Morgan fingerprint density at radius 1 is 0.865 bits per heavy atom. The van der Waals surface area contributed by atoms with Crippen molar-refractivity contribution >= 4 is 45.2 Å². The Morgan fingerprint density at radius 2 is 1.58 bits per heavy atom. The third-order valence-electron chi connectivity index (χ3n) is 11.1. The third kappa shape index (κ3) is 6.26. The van der Waals surface area contributed by atoms with Crippen molar-refractivity contribution in [2.24, 2.45) is 0 Å². The lowest BCUT2D eigenvalue weighted by Gasteiger charge is -2.38. The van der Waals surface area contributed by atoms with Crippen LogP contribution in [0.25, 0.3) is 0 Å². The number of phenolic OH excluding ortho intramolecular Hbond substituents is 1. The molecule has 0 spiro atoms. The Kier molecular flexibility index (Phi) is 9.09. The number of nitrogens with zero attached hydrogens (tertiary/aromatic N) is 3. The number of rotatable bonds is 7. The molecule has 0 saturated carbocycles. The normalized spacial score (nSPS) is 21.9. The maximum Gasteiger partial charge on any atom is 0.262 e. The van der Waals surface area contributed by atoms with E-state index in [1.807, 2.05) is 12.1 Å². The molecule has 4 amide bonds. The zero-order valence-electron chi connectivity index (χ0n) is 28.8. The highest BCUT2D eigenvalue weighted by atomic mass is 79.9. The Morgan fingerprint density at radius 3 is 2.29 bits per heavy atom. The first kappa shape index (κ1) is 34.1. The molecule has 4 aliphatic heterocycles. The van der Waals surface area contributed by atoms with Gasteiger partial charge >= 0.3 is 0 Å². The molecule has 0 bridgehead atoms. The SMILES string of the molecule is CN(Cc1cc2c(cc1Br)C(=O)N(C1CCC(=O)NC1=O)C2=O)C1CCN(c2ccc([C@@H]3c4ccc(O)cc4OC[C@@H]3c3ccccc3)cc2)CC1. The van der Waals surface area contributed by atoms with E-state index in [9.17, 15) is 24.3 Å². The van der Waals surface area contributed by atoms with Gasteiger partial charge in [-0.3, -0.25) is 34.3 Å². The van der Waals surface area contributed by atoms with Crippen LogP contribution >= 0.6 is 15.9 Å². The predicted molar refractivity (Wildman–Crippen MR) is 199 cm³/mol. The molecule has 4 aliphatic rings. The van der Waals surface area contributed by atoms with Crippen LogP contribution in [0.3, 0.4) is 0 Å². The summed E-state index contributed by atoms with van der Waals surface area (Å²) < 4.78 is 6.89. The van der Waals surface area contributed by atoms with Gasteiger partial charge in [-0.1, -0.05) is 64.5 Å². The Hall–Kier alpha value is -5.00. The van der Waals surface area contributed by atoms with Crippen molar-refractivity contribution in [1.82, 2.24) is 15.1 Å². The summed E-state index contributed by atoms with van der Waals surface area (Å²) in [6.45, 7) is 2.92. The zero-order valence-corrected chi connectivity index (χ0v) is 30.3. The Balaban J connectivity index is 0.929. The van der Waals surface area contributed by atoms with Crippen LogP contribution < -0.4 is 15.0 Å². The van der Waals surface area contributed by atoms with Gasteiger partial charge in [-0.15, -0.1) is 0 Å². The van der Waals surface area contributed by atoms with Crippen molar-refractivity contribution in [3.63, 3.8) is 0 Å². The van der Waals surface area contributed by atoms with Gasteiger partial charge in [-0.2, -0.15) is 0 Å². The number of carbonyl (C=O) groups excluding carboxylic acids is 4. The van der Waals surface area contributed by atoms with Gasteiger partial charge in [0.1, 0.15) is 17.5 Å². The van der Waals surface area contributed by atoms with Gasteiger partial charge in [0.15, 0.2) is 0 Å². The molecule has 2 fully saturated rings. The summed E-state index contributed by atoms with van der Waals surface area (Å²) in [4.78, 5) is 56.5. The van der Waals surface area contributed by atoms with E-state index < -0.39 is 29.7 Å². The molecule has 1 unspecified atom stereocenters. The molecule has 52 heavy (non-hydrogen) atoms. The first-order valence-corrected chi connectivity index (χ1v) is 18.6. The second-order valence-corrected chi connectivity index (χ2v) is 15.0. The van der Waals surface area contributed by atoms with E-state index in [4.69, 9.17) is 4.74 Å². The number of carbonyl (C=O) groups is 4. The van der Waals surface area contributed by atoms with E-state index in [0.717, 1.165) is 52.2 Å². The molecule has 2 N–H and O–H groups in total. The molecule has 4 aromatic rings. The van der Waals surface area contributed by atoms with Crippen molar-refractivity contribution in [2.75, 3.05) is 31.6 Å². The summed E-state index contributed by atoms with van der Waals surface area (Å²) in [6.07, 6.45) is 2.14. The third-order valence-corrected chi connectivity index (χ3v) is 11.9. The summed E-state index contributed by atoms with van der Waals surface area (Å²) in [7, 11) is 2.09. The number of halogens is 1. The van der Waals surface area contributed by atoms with E-state index in [0.29, 0.717) is 19.2 Å². The number of aromatic hydroxyl groups is 1. The highest BCUT2D eigenvalue weighted by molar-refractivity contribution is 9.10. The van der Waals surface area contributed by atoms with E-state index in [-0.39, 0.29) is 41.6 Å². The van der Waals surface area contributed by atoms with Gasteiger partial charge in [0.2, 0.25) is 11.8 Å². The summed E-state index contributed by atoms with van der Waals surface area (Å²) in [5.41, 5.74) is 6.14. The van der Waals surface area contributed by atoms with Gasteiger partial charge in [-0.05, 0) is 73.3 Å². The fourth-order valence-corrected chi connectivity index (χ4v) is 8.78. The molecule has 0 aromatic heterocycles. The monoisotopic (exact) mass is 762 g/mol. The molecule has 4 heterocycles. The second-order valence-electron chi connectivity index (χ2n) is 14.2. The minimum Gasteiger partial charge on any atom is -0.508 e. The smallest absolute Gasteiger partial charge is 0.262 e. The van der Waals surface area contributed by atoms with Gasteiger partial charge < -0.3 is 14.7 Å². The summed E-state index contributed by atoms with van der Waals surface area (Å²) in [5, 5.41) is 12.4. The highest BCUT2D eigenvalue weighted by Gasteiger charge is 2.45. The molecular formula is C41H39BrN4O6. The number of ether oxygens (including phenoxy) is 1. The molecule has 266 valence electrons. The molecule has 10 nitrogen and oxygen atoms in total. The lowest BCUT2D eigenvalue weighted by molar-refractivity contribution is -0.136. The molecule has 3 atom stereocenters. The van der Waals surface area contributed by atoms with Crippen molar-refractivity contribution in [3.8, 4) is 11.5 Å². The van der Waals surface area contributed by atoms with E-state index in [2.05, 4.69) is 86.6 Å². The van der Waals surface area contributed by atoms with Crippen LogP contribution in [0.4, 0.5) is 5.69 Å². The maximum atomic E-state index is 13.4. The minimum absolute atomic E-state index is 0.0843.